The van der Waals surface area contributed by atoms with Gasteiger partial charge in [-0.1, -0.05) is 37.3 Å². The Hall–Kier alpha value is -1.00. The normalized spacial score (nSPS) is 37.5. The molecule has 1 aromatic carbocycles. The number of ether oxygens (including phenoxy) is 1. The highest BCUT2D eigenvalue weighted by molar-refractivity contribution is 8.00. The van der Waals surface area contributed by atoms with E-state index < -0.39 is 0 Å². The highest BCUT2D eigenvalue weighted by Crippen LogP contribution is 2.43. The number of nitrogens with zero attached hydrogens (tertiary/aromatic N) is 1. The number of thioether (sulfide) groups is 1. The molecular weight excluding hydrogens is 294 g/mol. The van der Waals surface area contributed by atoms with Crippen molar-refractivity contribution in [2.24, 2.45) is 5.92 Å². The lowest BCUT2D eigenvalue weighted by atomic mass is 9.87. The minimum absolute atomic E-state index is 0.0975. The molecule has 0 spiro atoms. The monoisotopic (exact) mass is 317 g/mol. The first kappa shape index (κ1) is 14.6. The minimum atomic E-state index is 0.0975. The fraction of sp³-hybridized carbons (Fsp3) is 0.611. The molecule has 1 amide bonds. The summed E-state index contributed by atoms with van der Waals surface area (Å²) in [5, 5.41) is 0.444. The lowest BCUT2D eigenvalue weighted by Crippen LogP contribution is -2.48. The Morgan fingerprint density at radius 1 is 1.27 bits per heavy atom. The molecule has 3 aliphatic rings. The van der Waals surface area contributed by atoms with Gasteiger partial charge in [-0.15, -0.1) is 0 Å². The second-order valence-corrected chi connectivity index (χ2v) is 8.16. The van der Waals surface area contributed by atoms with E-state index >= 15 is 0 Å². The number of carbonyl (C=O) groups is 1. The molecule has 5 atom stereocenters. The number of carbonyl (C=O) groups excluding carboxylic acids is 1. The Kier molecular flexibility index (Phi) is 3.91. The summed E-state index contributed by atoms with van der Waals surface area (Å²) in [4.78, 5) is 15.3. The summed E-state index contributed by atoms with van der Waals surface area (Å²) in [5.74, 6) is 1.46. The van der Waals surface area contributed by atoms with Gasteiger partial charge in [-0.3, -0.25) is 4.79 Å². The second kappa shape index (κ2) is 5.89. The molecule has 1 aromatic rings. The van der Waals surface area contributed by atoms with Gasteiger partial charge in [0.05, 0.1) is 24.2 Å². The second-order valence-electron chi connectivity index (χ2n) is 6.68. The number of fused-ring (bicyclic) bond motifs is 2. The van der Waals surface area contributed by atoms with E-state index in [9.17, 15) is 4.79 Å². The summed E-state index contributed by atoms with van der Waals surface area (Å²) in [6.07, 6.45) is 3.66. The van der Waals surface area contributed by atoms with Gasteiger partial charge in [-0.2, -0.15) is 11.8 Å². The summed E-state index contributed by atoms with van der Waals surface area (Å²) in [5.41, 5.74) is 1.26. The third kappa shape index (κ3) is 2.46. The van der Waals surface area contributed by atoms with Gasteiger partial charge in [0.1, 0.15) is 0 Å². The highest BCUT2D eigenvalue weighted by atomic mass is 32.2. The maximum Gasteiger partial charge on any atom is 0.228 e. The van der Waals surface area contributed by atoms with Crippen molar-refractivity contribution in [1.29, 1.82) is 0 Å². The van der Waals surface area contributed by atoms with Crippen LogP contribution in [0.5, 0.6) is 0 Å². The number of hydrogen-bond acceptors (Lipinski definition) is 3. The first-order valence-corrected chi connectivity index (χ1v) is 9.41. The largest absolute Gasteiger partial charge is 0.374 e. The fourth-order valence-electron chi connectivity index (χ4n) is 4.28. The van der Waals surface area contributed by atoms with Gasteiger partial charge in [0.2, 0.25) is 5.91 Å². The van der Waals surface area contributed by atoms with E-state index in [4.69, 9.17) is 4.74 Å². The SMILES string of the molecule is C[C@@H]1SCCN(C(=O)[C@@H]2C[C@H]3CC[C@H]2O3)[C@@H]1c1ccccc1. The molecule has 3 aliphatic heterocycles. The summed E-state index contributed by atoms with van der Waals surface area (Å²) in [6, 6.07) is 10.7. The topological polar surface area (TPSA) is 29.5 Å². The lowest BCUT2D eigenvalue weighted by Gasteiger charge is -2.41. The van der Waals surface area contributed by atoms with Crippen molar-refractivity contribution in [2.75, 3.05) is 12.3 Å². The predicted octanol–water partition coefficient (Wildman–Crippen LogP) is 3.26. The van der Waals surface area contributed by atoms with Gasteiger partial charge in [-0.05, 0) is 24.8 Å². The third-order valence-corrected chi connectivity index (χ3v) is 6.54. The number of amides is 1. The number of rotatable bonds is 2. The summed E-state index contributed by atoms with van der Waals surface area (Å²) >= 11 is 1.97. The molecule has 3 fully saturated rings. The van der Waals surface area contributed by atoms with E-state index in [0.29, 0.717) is 17.3 Å². The van der Waals surface area contributed by atoms with Crippen LogP contribution in [0.1, 0.15) is 37.8 Å². The summed E-state index contributed by atoms with van der Waals surface area (Å²) in [7, 11) is 0. The van der Waals surface area contributed by atoms with Crippen molar-refractivity contribution in [3.63, 3.8) is 0 Å². The quantitative estimate of drug-likeness (QED) is 0.838. The zero-order valence-electron chi connectivity index (χ0n) is 13.0. The molecule has 3 nitrogen and oxygen atoms in total. The van der Waals surface area contributed by atoms with Crippen LogP contribution in [-0.2, 0) is 9.53 Å². The average molecular weight is 317 g/mol. The Morgan fingerprint density at radius 2 is 2.09 bits per heavy atom. The number of hydrogen-bond donors (Lipinski definition) is 0. The fourth-order valence-corrected chi connectivity index (χ4v) is 5.44. The van der Waals surface area contributed by atoms with Crippen LogP contribution >= 0.6 is 11.8 Å². The molecule has 22 heavy (non-hydrogen) atoms. The van der Waals surface area contributed by atoms with Gasteiger partial charge < -0.3 is 9.64 Å². The maximum atomic E-state index is 13.2. The Bertz CT molecular complexity index is 549. The van der Waals surface area contributed by atoms with E-state index in [-0.39, 0.29) is 18.1 Å². The molecule has 0 saturated carbocycles. The molecule has 3 heterocycles. The van der Waals surface area contributed by atoms with E-state index in [0.717, 1.165) is 31.6 Å². The zero-order valence-corrected chi connectivity index (χ0v) is 13.8. The standard InChI is InChI=1S/C18H23NO2S/c1-12-17(13-5-3-2-4-6-13)19(9-10-22-12)18(20)15-11-14-7-8-16(15)21-14/h2-6,12,14-17H,7-11H2,1H3/t12-,14+,15+,16+,17-/m0/s1. The van der Waals surface area contributed by atoms with Crippen LogP contribution < -0.4 is 0 Å². The summed E-state index contributed by atoms with van der Waals surface area (Å²) in [6.45, 7) is 3.11. The van der Waals surface area contributed by atoms with Gasteiger partial charge >= 0.3 is 0 Å². The first-order chi connectivity index (χ1) is 10.7. The van der Waals surface area contributed by atoms with Crippen molar-refractivity contribution in [3.05, 3.63) is 35.9 Å². The smallest absolute Gasteiger partial charge is 0.228 e. The van der Waals surface area contributed by atoms with E-state index in [1.165, 1.54) is 5.56 Å². The number of benzene rings is 1. The van der Waals surface area contributed by atoms with Crippen molar-refractivity contribution in [1.82, 2.24) is 4.90 Å². The van der Waals surface area contributed by atoms with Crippen LogP contribution in [0.3, 0.4) is 0 Å². The van der Waals surface area contributed by atoms with Crippen LogP contribution in [0.2, 0.25) is 0 Å². The molecule has 0 unspecified atom stereocenters. The van der Waals surface area contributed by atoms with E-state index in [2.05, 4.69) is 36.1 Å². The van der Waals surface area contributed by atoms with Crippen LogP contribution in [0, 0.1) is 5.92 Å². The van der Waals surface area contributed by atoms with Crippen molar-refractivity contribution in [2.45, 2.75) is 49.7 Å². The molecule has 2 bridgehead atoms. The molecule has 4 rings (SSSR count). The average Bonchev–Trinajstić information content (AvgIpc) is 3.18. The van der Waals surface area contributed by atoms with Crippen LogP contribution in [0.15, 0.2) is 30.3 Å². The lowest BCUT2D eigenvalue weighted by molar-refractivity contribution is -0.139. The van der Waals surface area contributed by atoms with Crippen LogP contribution in [-0.4, -0.2) is 40.6 Å². The third-order valence-electron chi connectivity index (χ3n) is 5.34. The molecule has 3 saturated heterocycles. The van der Waals surface area contributed by atoms with Gasteiger partial charge in [0.15, 0.2) is 0 Å². The summed E-state index contributed by atoms with van der Waals surface area (Å²) < 4.78 is 5.91. The first-order valence-electron chi connectivity index (χ1n) is 8.36. The Labute approximate surface area is 136 Å². The highest BCUT2D eigenvalue weighted by Gasteiger charge is 2.47. The van der Waals surface area contributed by atoms with Crippen molar-refractivity contribution >= 4 is 17.7 Å². The predicted molar refractivity (Wildman–Crippen MR) is 88.8 cm³/mol. The minimum Gasteiger partial charge on any atom is -0.374 e. The van der Waals surface area contributed by atoms with E-state index in [1.807, 2.05) is 17.8 Å². The van der Waals surface area contributed by atoms with E-state index in [1.54, 1.807) is 0 Å². The molecule has 4 heteroatoms. The molecule has 0 aromatic heterocycles. The molecule has 0 aliphatic carbocycles. The zero-order chi connectivity index (χ0) is 15.1. The Balaban J connectivity index is 1.59. The van der Waals surface area contributed by atoms with Crippen molar-refractivity contribution < 1.29 is 9.53 Å². The molecule has 118 valence electrons. The Morgan fingerprint density at radius 3 is 2.77 bits per heavy atom. The maximum absolute atomic E-state index is 13.2. The van der Waals surface area contributed by atoms with Gasteiger partial charge in [-0.25, -0.2) is 0 Å². The molecule has 0 radical (unpaired) electrons. The van der Waals surface area contributed by atoms with Gasteiger partial charge in [0, 0.05) is 17.5 Å². The molecular formula is C18H23NO2S. The van der Waals surface area contributed by atoms with Gasteiger partial charge in [0.25, 0.3) is 0 Å². The van der Waals surface area contributed by atoms with Crippen LogP contribution in [0.25, 0.3) is 0 Å². The van der Waals surface area contributed by atoms with Crippen LogP contribution in [0.4, 0.5) is 0 Å². The molecule has 0 N–H and O–H groups in total. The van der Waals surface area contributed by atoms with Crippen molar-refractivity contribution in [3.8, 4) is 0 Å².